The van der Waals surface area contributed by atoms with E-state index in [4.69, 9.17) is 23.2 Å². The quantitative estimate of drug-likeness (QED) is 0.457. The highest BCUT2D eigenvalue weighted by Gasteiger charge is 2.10. The molecule has 2 rings (SSSR count). The average Bonchev–Trinajstić information content (AvgIpc) is 3.13. The minimum atomic E-state index is -0.148. The Balaban J connectivity index is 0.000000369. The summed E-state index contributed by atoms with van der Waals surface area (Å²) in [6.45, 7) is 2.94. The second kappa shape index (κ2) is 11.6. The first-order valence-electron chi connectivity index (χ1n) is 7.35. The number of rotatable bonds is 7. The Morgan fingerprint density at radius 3 is 2.43 bits per heavy atom. The zero-order chi connectivity index (χ0) is 15.5. The largest absolute Gasteiger partial charge is 0.280 e. The van der Waals surface area contributed by atoms with Gasteiger partial charge in [-0.15, -0.1) is 0 Å². The molecule has 0 bridgehead atoms. The van der Waals surface area contributed by atoms with Gasteiger partial charge in [-0.05, 0) is 36.3 Å². The SMILES string of the molecule is C1=NSCC1.CCCCCCCCn1sc(Cl)c(Cl)c1=O. The molecule has 1 aromatic heterocycles. The van der Waals surface area contributed by atoms with Crippen LogP contribution in [0.25, 0.3) is 0 Å². The highest BCUT2D eigenvalue weighted by Crippen LogP contribution is 2.23. The predicted octanol–water partition coefficient (Wildman–Crippen LogP) is 5.69. The van der Waals surface area contributed by atoms with Crippen molar-refractivity contribution in [3.05, 3.63) is 19.7 Å². The second-order valence-electron chi connectivity index (χ2n) is 4.76. The van der Waals surface area contributed by atoms with Crippen LogP contribution in [0.1, 0.15) is 51.9 Å². The van der Waals surface area contributed by atoms with Crippen molar-refractivity contribution in [3.8, 4) is 0 Å². The Bertz CT molecular complexity index is 480. The maximum atomic E-state index is 11.5. The number of halogens is 2. The lowest BCUT2D eigenvalue weighted by Gasteiger charge is -2.00. The number of nitrogens with zero attached hydrogens (tertiary/aromatic N) is 2. The second-order valence-corrected chi connectivity index (χ2v) is 7.65. The molecule has 1 aromatic rings. The number of hydrogen-bond acceptors (Lipinski definition) is 4. The van der Waals surface area contributed by atoms with Crippen LogP contribution in [-0.4, -0.2) is 15.9 Å². The van der Waals surface area contributed by atoms with Crippen molar-refractivity contribution in [2.24, 2.45) is 4.40 Å². The molecule has 1 aliphatic rings. The molecule has 3 nitrogen and oxygen atoms in total. The van der Waals surface area contributed by atoms with Gasteiger partial charge >= 0.3 is 0 Å². The van der Waals surface area contributed by atoms with Gasteiger partial charge in [0.15, 0.2) is 0 Å². The molecule has 0 saturated heterocycles. The Kier molecular flexibility index (Phi) is 10.5. The Morgan fingerprint density at radius 2 is 1.95 bits per heavy atom. The Morgan fingerprint density at radius 1 is 1.24 bits per heavy atom. The number of aryl methyl sites for hydroxylation is 1. The molecule has 0 unspecified atom stereocenters. The van der Waals surface area contributed by atoms with Gasteiger partial charge in [0.05, 0.1) is 0 Å². The molecule has 1 aliphatic heterocycles. The fourth-order valence-electron chi connectivity index (χ4n) is 1.82. The van der Waals surface area contributed by atoms with Gasteiger partial charge < -0.3 is 0 Å². The van der Waals surface area contributed by atoms with Gasteiger partial charge in [0.25, 0.3) is 5.56 Å². The van der Waals surface area contributed by atoms with Crippen LogP contribution >= 0.6 is 46.7 Å². The standard InChI is InChI=1S/C11H17Cl2NOS.C3H5NS/c1-2-3-4-5-6-7-8-14-11(15)9(12)10(13)16-14;1-2-4-5-3-1/h2-8H2,1H3;2H,1,3H2. The normalized spacial score (nSPS) is 13.3. The number of aromatic nitrogens is 1. The van der Waals surface area contributed by atoms with E-state index in [-0.39, 0.29) is 10.6 Å². The fourth-order valence-corrected chi connectivity index (χ4v) is 3.69. The van der Waals surface area contributed by atoms with Gasteiger partial charge in [-0.3, -0.25) is 8.75 Å². The first-order chi connectivity index (χ1) is 10.2. The lowest BCUT2D eigenvalue weighted by molar-refractivity contribution is 0.569. The summed E-state index contributed by atoms with van der Waals surface area (Å²) < 4.78 is 5.92. The molecule has 7 heteroatoms. The molecule has 0 spiro atoms. The summed E-state index contributed by atoms with van der Waals surface area (Å²) >= 11 is 14.4. The molecular formula is C14H22Cl2N2OS2. The van der Waals surface area contributed by atoms with Crippen LogP contribution in [0.4, 0.5) is 0 Å². The van der Waals surface area contributed by atoms with E-state index in [1.54, 1.807) is 15.9 Å². The van der Waals surface area contributed by atoms with E-state index in [9.17, 15) is 4.79 Å². The van der Waals surface area contributed by atoms with Crippen molar-refractivity contribution in [2.75, 3.05) is 5.75 Å². The fraction of sp³-hybridized carbons (Fsp3) is 0.714. The van der Waals surface area contributed by atoms with Gasteiger partial charge in [0.1, 0.15) is 9.36 Å². The predicted molar refractivity (Wildman–Crippen MR) is 97.5 cm³/mol. The molecular weight excluding hydrogens is 347 g/mol. The molecule has 0 atom stereocenters. The number of unbranched alkanes of at least 4 members (excludes halogenated alkanes) is 5. The highest BCUT2D eigenvalue weighted by atomic mass is 35.5. The average molecular weight is 369 g/mol. The summed E-state index contributed by atoms with van der Waals surface area (Å²) in [5.74, 6) is 1.19. The topological polar surface area (TPSA) is 34.4 Å². The lowest BCUT2D eigenvalue weighted by atomic mass is 10.1. The monoisotopic (exact) mass is 368 g/mol. The zero-order valence-electron chi connectivity index (χ0n) is 12.3. The molecule has 0 aliphatic carbocycles. The molecule has 120 valence electrons. The van der Waals surface area contributed by atoms with Crippen molar-refractivity contribution < 1.29 is 0 Å². The van der Waals surface area contributed by atoms with Crippen molar-refractivity contribution in [1.82, 2.24) is 3.96 Å². The van der Waals surface area contributed by atoms with E-state index in [0.29, 0.717) is 4.34 Å². The van der Waals surface area contributed by atoms with Crippen molar-refractivity contribution in [1.29, 1.82) is 0 Å². The molecule has 0 N–H and O–H groups in total. The maximum absolute atomic E-state index is 11.5. The highest BCUT2D eigenvalue weighted by molar-refractivity contribution is 7.98. The first-order valence-corrected chi connectivity index (χ1v) is 9.83. The van der Waals surface area contributed by atoms with Crippen LogP contribution < -0.4 is 5.56 Å². The third-order valence-electron chi connectivity index (χ3n) is 2.98. The summed E-state index contributed by atoms with van der Waals surface area (Å²) in [7, 11) is 0. The summed E-state index contributed by atoms with van der Waals surface area (Å²) in [4.78, 5) is 11.5. The Labute approximate surface area is 145 Å². The maximum Gasteiger partial charge on any atom is 0.280 e. The molecule has 0 aromatic carbocycles. The number of hydrogen-bond donors (Lipinski definition) is 0. The van der Waals surface area contributed by atoms with Crippen molar-refractivity contribution in [2.45, 2.75) is 58.4 Å². The third-order valence-corrected chi connectivity index (χ3v) is 5.58. The smallest absolute Gasteiger partial charge is 0.267 e. The van der Waals surface area contributed by atoms with Crippen LogP contribution in [0, 0.1) is 0 Å². The van der Waals surface area contributed by atoms with Crippen molar-refractivity contribution in [3.63, 3.8) is 0 Å². The van der Waals surface area contributed by atoms with Crippen molar-refractivity contribution >= 4 is 52.9 Å². The minimum absolute atomic E-state index is 0.148. The summed E-state index contributed by atoms with van der Waals surface area (Å²) in [6.07, 6.45) is 10.4. The van der Waals surface area contributed by atoms with Crippen LogP contribution in [0.5, 0.6) is 0 Å². The minimum Gasteiger partial charge on any atom is -0.267 e. The molecule has 0 radical (unpaired) electrons. The van der Waals surface area contributed by atoms with E-state index in [0.717, 1.165) is 13.0 Å². The molecule has 0 saturated carbocycles. The lowest BCUT2D eigenvalue weighted by Crippen LogP contribution is -2.13. The summed E-state index contributed by atoms with van der Waals surface area (Å²) in [5, 5.41) is 0.164. The van der Waals surface area contributed by atoms with Crippen LogP contribution in [-0.2, 0) is 6.54 Å². The van der Waals surface area contributed by atoms with Crippen LogP contribution in [0.15, 0.2) is 9.19 Å². The van der Waals surface area contributed by atoms with Gasteiger partial charge in [-0.1, -0.05) is 62.2 Å². The summed E-state index contributed by atoms with van der Waals surface area (Å²) in [6, 6.07) is 0. The van der Waals surface area contributed by atoms with Gasteiger partial charge in [-0.2, -0.15) is 0 Å². The van der Waals surface area contributed by atoms with Gasteiger partial charge in [-0.25, -0.2) is 4.40 Å². The van der Waals surface area contributed by atoms with E-state index in [1.165, 1.54) is 55.8 Å². The third kappa shape index (κ3) is 7.73. The van der Waals surface area contributed by atoms with E-state index in [2.05, 4.69) is 11.3 Å². The van der Waals surface area contributed by atoms with Gasteiger partial charge in [0, 0.05) is 18.5 Å². The van der Waals surface area contributed by atoms with E-state index < -0.39 is 0 Å². The first kappa shape index (κ1) is 19.1. The Hall–Kier alpha value is 0.0300. The van der Waals surface area contributed by atoms with E-state index in [1.807, 2.05) is 6.21 Å². The molecule has 21 heavy (non-hydrogen) atoms. The van der Waals surface area contributed by atoms with E-state index >= 15 is 0 Å². The van der Waals surface area contributed by atoms with Crippen LogP contribution in [0.3, 0.4) is 0 Å². The van der Waals surface area contributed by atoms with Crippen LogP contribution in [0.2, 0.25) is 9.36 Å². The van der Waals surface area contributed by atoms with Gasteiger partial charge in [0.2, 0.25) is 0 Å². The molecule has 2 heterocycles. The molecule has 0 amide bonds. The molecule has 0 fully saturated rings. The summed E-state index contributed by atoms with van der Waals surface area (Å²) in [5.41, 5.74) is -0.148. The zero-order valence-corrected chi connectivity index (χ0v) is 15.5.